The lowest BCUT2D eigenvalue weighted by Crippen LogP contribution is -2.09. The molecule has 0 amide bonds. The number of hydrogen-bond donors (Lipinski definition) is 1. The number of aromatic amines is 1. The number of H-pyrrole nitrogens is 1. The number of aromatic nitrogens is 3. The molecule has 20 heavy (non-hydrogen) atoms. The van der Waals surface area contributed by atoms with Crippen molar-refractivity contribution in [3.63, 3.8) is 0 Å². The van der Waals surface area contributed by atoms with Crippen LogP contribution in [-0.2, 0) is 0 Å². The van der Waals surface area contributed by atoms with Crippen molar-refractivity contribution in [2.24, 2.45) is 0 Å². The molecule has 3 aromatic rings. The van der Waals surface area contributed by atoms with Gasteiger partial charge in [-0.1, -0.05) is 6.07 Å². The zero-order valence-electron chi connectivity index (χ0n) is 11.2. The summed E-state index contributed by atoms with van der Waals surface area (Å²) in [7, 11) is 1.62. The van der Waals surface area contributed by atoms with Crippen LogP contribution < -0.4 is 10.3 Å². The van der Waals surface area contributed by atoms with Crippen LogP contribution in [0.1, 0.15) is 5.56 Å². The average molecular weight is 267 g/mol. The summed E-state index contributed by atoms with van der Waals surface area (Å²) in [4.78, 5) is 16.2. The van der Waals surface area contributed by atoms with Crippen molar-refractivity contribution in [3.05, 3.63) is 52.4 Å². The third kappa shape index (κ3) is 2.03. The first kappa shape index (κ1) is 12.3. The van der Waals surface area contributed by atoms with Crippen molar-refractivity contribution in [3.8, 4) is 17.0 Å². The normalized spacial score (nSPS) is 10.7. The van der Waals surface area contributed by atoms with E-state index in [2.05, 4.69) is 15.2 Å². The van der Waals surface area contributed by atoms with Crippen LogP contribution in [0.25, 0.3) is 22.2 Å². The van der Waals surface area contributed by atoms with Crippen LogP contribution in [-0.4, -0.2) is 22.3 Å². The first-order valence-electron chi connectivity index (χ1n) is 6.18. The fourth-order valence-corrected chi connectivity index (χ4v) is 2.13. The van der Waals surface area contributed by atoms with Gasteiger partial charge in [0.15, 0.2) is 0 Å². The van der Waals surface area contributed by atoms with Crippen LogP contribution in [0, 0.1) is 6.92 Å². The van der Waals surface area contributed by atoms with Gasteiger partial charge in [0.05, 0.1) is 19.0 Å². The molecule has 0 aliphatic rings. The van der Waals surface area contributed by atoms with E-state index < -0.39 is 0 Å². The molecule has 100 valence electrons. The van der Waals surface area contributed by atoms with Crippen LogP contribution in [0.2, 0.25) is 0 Å². The number of methoxy groups -OCH3 is 1. The second-order valence-corrected chi connectivity index (χ2v) is 4.54. The number of aryl methyl sites for hydroxylation is 1. The van der Waals surface area contributed by atoms with Crippen molar-refractivity contribution in [1.82, 2.24) is 15.2 Å². The molecule has 0 unspecified atom stereocenters. The molecule has 0 saturated carbocycles. The molecule has 0 saturated heterocycles. The Kier molecular flexibility index (Phi) is 2.95. The predicted octanol–water partition coefficient (Wildman–Crippen LogP) is 2.30. The van der Waals surface area contributed by atoms with E-state index in [1.807, 2.05) is 37.3 Å². The summed E-state index contributed by atoms with van der Waals surface area (Å²) in [5, 5.41) is 6.86. The summed E-state index contributed by atoms with van der Waals surface area (Å²) in [5.74, 6) is 0.738. The number of nitrogens with zero attached hydrogens (tertiary/aromatic N) is 2. The molecular formula is C15H13N3O2. The van der Waals surface area contributed by atoms with E-state index in [-0.39, 0.29) is 5.56 Å². The lowest BCUT2D eigenvalue weighted by atomic mass is 10.1. The molecule has 0 aliphatic heterocycles. The zero-order chi connectivity index (χ0) is 14.1. The third-order valence-electron chi connectivity index (χ3n) is 3.14. The SMILES string of the molecule is COc1cc(C)ccc1-c1ccc2cn[nH]c(=O)c2n1. The summed E-state index contributed by atoms with van der Waals surface area (Å²) in [6, 6.07) is 9.56. The van der Waals surface area contributed by atoms with Gasteiger partial charge in [-0.15, -0.1) is 0 Å². The van der Waals surface area contributed by atoms with Gasteiger partial charge in [0.2, 0.25) is 0 Å². The lowest BCUT2D eigenvalue weighted by Gasteiger charge is -2.09. The maximum Gasteiger partial charge on any atom is 0.290 e. The number of benzene rings is 1. The van der Waals surface area contributed by atoms with E-state index in [0.717, 1.165) is 16.9 Å². The van der Waals surface area contributed by atoms with Gasteiger partial charge in [-0.2, -0.15) is 5.10 Å². The molecule has 0 radical (unpaired) electrons. The summed E-state index contributed by atoms with van der Waals surface area (Å²) in [5.41, 5.74) is 2.74. The van der Waals surface area contributed by atoms with Gasteiger partial charge in [-0.25, -0.2) is 10.1 Å². The Hall–Kier alpha value is -2.69. The minimum Gasteiger partial charge on any atom is -0.496 e. The average Bonchev–Trinajstić information content (AvgIpc) is 2.47. The first-order valence-corrected chi connectivity index (χ1v) is 6.18. The highest BCUT2D eigenvalue weighted by Crippen LogP contribution is 2.30. The smallest absolute Gasteiger partial charge is 0.290 e. The van der Waals surface area contributed by atoms with Crippen molar-refractivity contribution in [2.45, 2.75) is 6.92 Å². The highest BCUT2D eigenvalue weighted by molar-refractivity contribution is 5.81. The topological polar surface area (TPSA) is 67.9 Å². The van der Waals surface area contributed by atoms with Gasteiger partial charge in [0.25, 0.3) is 5.56 Å². The van der Waals surface area contributed by atoms with Gasteiger partial charge in [0.1, 0.15) is 11.3 Å². The third-order valence-corrected chi connectivity index (χ3v) is 3.14. The van der Waals surface area contributed by atoms with Crippen LogP contribution >= 0.6 is 0 Å². The van der Waals surface area contributed by atoms with E-state index in [0.29, 0.717) is 16.6 Å². The molecule has 1 N–H and O–H groups in total. The summed E-state index contributed by atoms with van der Waals surface area (Å²) in [6.07, 6.45) is 1.58. The summed E-state index contributed by atoms with van der Waals surface area (Å²) < 4.78 is 5.38. The van der Waals surface area contributed by atoms with Crippen molar-refractivity contribution in [1.29, 1.82) is 0 Å². The second kappa shape index (κ2) is 4.77. The highest BCUT2D eigenvalue weighted by Gasteiger charge is 2.09. The molecule has 2 aromatic heterocycles. The number of hydrogen-bond acceptors (Lipinski definition) is 4. The van der Waals surface area contributed by atoms with Crippen LogP contribution in [0.15, 0.2) is 41.3 Å². The minimum absolute atomic E-state index is 0.296. The summed E-state index contributed by atoms with van der Waals surface area (Å²) in [6.45, 7) is 2.00. The molecule has 5 heteroatoms. The number of pyridine rings is 1. The molecule has 5 nitrogen and oxygen atoms in total. The van der Waals surface area contributed by atoms with Crippen molar-refractivity contribution < 1.29 is 4.74 Å². The Bertz CT molecular complexity index is 840. The van der Waals surface area contributed by atoms with Gasteiger partial charge in [0, 0.05) is 10.9 Å². The van der Waals surface area contributed by atoms with Crippen molar-refractivity contribution >= 4 is 10.9 Å². The van der Waals surface area contributed by atoms with Gasteiger partial charge in [-0.3, -0.25) is 4.79 Å². The van der Waals surface area contributed by atoms with E-state index in [9.17, 15) is 4.79 Å². The Morgan fingerprint density at radius 3 is 2.85 bits per heavy atom. The van der Waals surface area contributed by atoms with Gasteiger partial charge in [-0.05, 0) is 36.8 Å². The number of nitrogens with one attached hydrogen (secondary N) is 1. The van der Waals surface area contributed by atoms with E-state index in [1.165, 1.54) is 0 Å². The maximum absolute atomic E-state index is 11.8. The molecular weight excluding hydrogens is 254 g/mol. The Labute approximate surface area is 115 Å². The molecule has 1 aromatic carbocycles. The predicted molar refractivity (Wildman–Crippen MR) is 76.9 cm³/mol. The molecule has 0 aliphatic carbocycles. The zero-order valence-corrected chi connectivity index (χ0v) is 11.2. The standard InChI is InChI=1S/C15H13N3O2/c1-9-3-5-11(13(7-9)20-2)12-6-4-10-8-16-18-15(19)14(10)17-12/h3-8H,1-2H3,(H,18,19). The number of rotatable bonds is 2. The number of ether oxygens (including phenoxy) is 1. The Balaban J connectivity index is 2.25. The van der Waals surface area contributed by atoms with Crippen molar-refractivity contribution in [2.75, 3.05) is 7.11 Å². The molecule has 0 atom stereocenters. The summed E-state index contributed by atoms with van der Waals surface area (Å²) >= 11 is 0. The van der Waals surface area contributed by atoms with Crippen LogP contribution in [0.4, 0.5) is 0 Å². The Morgan fingerprint density at radius 2 is 2.05 bits per heavy atom. The van der Waals surface area contributed by atoms with E-state index in [1.54, 1.807) is 13.3 Å². The minimum atomic E-state index is -0.296. The van der Waals surface area contributed by atoms with Gasteiger partial charge < -0.3 is 4.74 Å². The number of fused-ring (bicyclic) bond motifs is 1. The molecule has 3 rings (SSSR count). The Morgan fingerprint density at radius 1 is 1.20 bits per heavy atom. The maximum atomic E-state index is 11.8. The molecule has 2 heterocycles. The van der Waals surface area contributed by atoms with Gasteiger partial charge >= 0.3 is 0 Å². The lowest BCUT2D eigenvalue weighted by molar-refractivity contribution is 0.416. The van der Waals surface area contributed by atoms with E-state index in [4.69, 9.17) is 4.74 Å². The molecule has 0 fully saturated rings. The fraction of sp³-hybridized carbons (Fsp3) is 0.133. The van der Waals surface area contributed by atoms with Crippen LogP contribution in [0.5, 0.6) is 5.75 Å². The quantitative estimate of drug-likeness (QED) is 0.773. The largest absolute Gasteiger partial charge is 0.496 e. The monoisotopic (exact) mass is 267 g/mol. The second-order valence-electron chi connectivity index (χ2n) is 4.54. The van der Waals surface area contributed by atoms with Crippen LogP contribution in [0.3, 0.4) is 0 Å². The highest BCUT2D eigenvalue weighted by atomic mass is 16.5. The molecule has 0 spiro atoms. The first-order chi connectivity index (χ1) is 9.69. The van der Waals surface area contributed by atoms with E-state index >= 15 is 0 Å². The molecule has 0 bridgehead atoms. The fourth-order valence-electron chi connectivity index (χ4n) is 2.13.